The molecule has 2 N–H and O–H groups in total. The van der Waals surface area contributed by atoms with Crippen LogP contribution < -0.4 is 5.73 Å². The summed E-state index contributed by atoms with van der Waals surface area (Å²) in [6.07, 6.45) is -2.84. The second-order valence-corrected chi connectivity index (χ2v) is 6.86. The van der Waals surface area contributed by atoms with Crippen molar-refractivity contribution in [1.82, 2.24) is 9.80 Å². The van der Waals surface area contributed by atoms with Crippen LogP contribution in [0.3, 0.4) is 0 Å². The number of nitrogens with zero attached hydrogens (tertiary/aromatic N) is 2. The van der Waals surface area contributed by atoms with Crippen molar-refractivity contribution >= 4 is 6.03 Å². The minimum absolute atomic E-state index is 0.00849. The Morgan fingerprint density at radius 3 is 2.46 bits per heavy atom. The van der Waals surface area contributed by atoms with Crippen molar-refractivity contribution in [2.24, 2.45) is 5.73 Å². The topological polar surface area (TPSA) is 58.8 Å². The van der Waals surface area contributed by atoms with Crippen molar-refractivity contribution < 1.29 is 22.7 Å². The Morgan fingerprint density at radius 2 is 1.85 bits per heavy atom. The van der Waals surface area contributed by atoms with Gasteiger partial charge in [0.1, 0.15) is 0 Å². The highest BCUT2D eigenvalue weighted by Gasteiger charge is 2.35. The number of hydrogen-bond acceptors (Lipinski definition) is 3. The monoisotopic (exact) mass is 371 g/mol. The predicted molar refractivity (Wildman–Crippen MR) is 90.8 cm³/mol. The number of nitrogens with two attached hydrogens (primary N) is 1. The molecule has 2 heterocycles. The third-order valence-corrected chi connectivity index (χ3v) is 5.04. The maximum atomic E-state index is 12.6. The van der Waals surface area contributed by atoms with E-state index in [2.05, 4.69) is 0 Å². The Bertz CT molecular complexity index is 615. The summed E-state index contributed by atoms with van der Waals surface area (Å²) < 4.78 is 43.5. The molecular formula is C18H24F3N3O2. The normalized spacial score (nSPS) is 22.5. The van der Waals surface area contributed by atoms with E-state index in [0.29, 0.717) is 39.3 Å². The number of benzene rings is 1. The molecule has 0 unspecified atom stereocenters. The van der Waals surface area contributed by atoms with Crippen LogP contribution in [0.25, 0.3) is 0 Å². The summed E-state index contributed by atoms with van der Waals surface area (Å²) in [5, 5.41) is 0. The van der Waals surface area contributed by atoms with Crippen molar-refractivity contribution in [3.05, 3.63) is 35.4 Å². The summed E-state index contributed by atoms with van der Waals surface area (Å²) in [5.74, 6) is 0.0936. The van der Waals surface area contributed by atoms with Crippen LogP contribution in [0, 0.1) is 0 Å². The van der Waals surface area contributed by atoms with Gasteiger partial charge in [0.25, 0.3) is 0 Å². The van der Waals surface area contributed by atoms with Crippen LogP contribution >= 0.6 is 0 Å². The highest BCUT2D eigenvalue weighted by molar-refractivity contribution is 5.75. The maximum absolute atomic E-state index is 12.6. The molecule has 1 atom stereocenters. The van der Waals surface area contributed by atoms with E-state index in [1.165, 1.54) is 12.1 Å². The van der Waals surface area contributed by atoms with Crippen LogP contribution in [0.2, 0.25) is 0 Å². The van der Waals surface area contributed by atoms with Crippen LogP contribution in [-0.4, -0.2) is 61.3 Å². The average Bonchev–Trinajstić information content (AvgIpc) is 2.53. The SMILES string of the molecule is NC[C@@H]1CCN(C(=O)N2CC(c3ccc(C(F)(F)F)cc3)C2)CCCO1. The number of urea groups is 1. The summed E-state index contributed by atoms with van der Waals surface area (Å²) in [6.45, 7) is 3.39. The number of carbonyl (C=O) groups is 1. The molecule has 0 aromatic heterocycles. The molecule has 0 saturated carbocycles. The Morgan fingerprint density at radius 1 is 1.15 bits per heavy atom. The first-order valence-corrected chi connectivity index (χ1v) is 8.91. The van der Waals surface area contributed by atoms with Gasteiger partial charge in [0.2, 0.25) is 0 Å². The van der Waals surface area contributed by atoms with Crippen molar-refractivity contribution in [2.45, 2.75) is 31.0 Å². The van der Waals surface area contributed by atoms with E-state index in [0.717, 1.165) is 30.5 Å². The average molecular weight is 371 g/mol. The zero-order valence-electron chi connectivity index (χ0n) is 14.5. The molecule has 2 amide bonds. The number of ether oxygens (including phenoxy) is 1. The lowest BCUT2D eigenvalue weighted by atomic mass is 9.91. The van der Waals surface area contributed by atoms with Crippen molar-refractivity contribution in [3.8, 4) is 0 Å². The molecule has 0 aliphatic carbocycles. The Kier molecular flexibility index (Phi) is 5.72. The van der Waals surface area contributed by atoms with Gasteiger partial charge in [0, 0.05) is 45.2 Å². The molecule has 2 saturated heterocycles. The van der Waals surface area contributed by atoms with Gasteiger partial charge in [-0.1, -0.05) is 12.1 Å². The molecule has 0 spiro atoms. The fourth-order valence-corrected chi connectivity index (χ4v) is 3.37. The van der Waals surface area contributed by atoms with Gasteiger partial charge >= 0.3 is 12.2 Å². The van der Waals surface area contributed by atoms with Gasteiger partial charge in [-0.3, -0.25) is 0 Å². The summed E-state index contributed by atoms with van der Waals surface area (Å²) >= 11 is 0. The molecule has 0 radical (unpaired) electrons. The number of halogens is 3. The summed E-state index contributed by atoms with van der Waals surface area (Å²) in [7, 11) is 0. The molecule has 2 aliphatic rings. The molecule has 8 heteroatoms. The first-order chi connectivity index (χ1) is 12.4. The first kappa shape index (κ1) is 19.0. The van der Waals surface area contributed by atoms with E-state index in [1.54, 1.807) is 4.90 Å². The number of rotatable bonds is 2. The molecule has 5 nitrogen and oxygen atoms in total. The van der Waals surface area contributed by atoms with Gasteiger partial charge in [0.15, 0.2) is 0 Å². The van der Waals surface area contributed by atoms with E-state index >= 15 is 0 Å². The molecule has 144 valence electrons. The highest BCUT2D eigenvalue weighted by Crippen LogP contribution is 2.32. The Labute approximate surface area is 150 Å². The minimum Gasteiger partial charge on any atom is -0.377 e. The molecule has 0 bridgehead atoms. The fourth-order valence-electron chi connectivity index (χ4n) is 3.37. The van der Waals surface area contributed by atoms with Crippen LogP contribution in [0.4, 0.5) is 18.0 Å². The summed E-state index contributed by atoms with van der Waals surface area (Å²) in [5.41, 5.74) is 5.84. The summed E-state index contributed by atoms with van der Waals surface area (Å²) in [4.78, 5) is 16.2. The van der Waals surface area contributed by atoms with E-state index < -0.39 is 11.7 Å². The predicted octanol–water partition coefficient (Wildman–Crippen LogP) is 2.66. The van der Waals surface area contributed by atoms with E-state index in [-0.39, 0.29) is 18.1 Å². The lowest BCUT2D eigenvalue weighted by Gasteiger charge is -2.43. The van der Waals surface area contributed by atoms with Crippen LogP contribution in [-0.2, 0) is 10.9 Å². The van der Waals surface area contributed by atoms with Gasteiger partial charge in [-0.2, -0.15) is 13.2 Å². The van der Waals surface area contributed by atoms with Crippen molar-refractivity contribution in [1.29, 1.82) is 0 Å². The van der Waals surface area contributed by atoms with Crippen LogP contribution in [0.1, 0.15) is 29.9 Å². The summed E-state index contributed by atoms with van der Waals surface area (Å²) in [6, 6.07) is 5.21. The number of amides is 2. The van der Waals surface area contributed by atoms with Crippen molar-refractivity contribution in [2.75, 3.05) is 39.3 Å². The molecule has 2 aliphatic heterocycles. The number of hydrogen-bond donors (Lipinski definition) is 1. The fraction of sp³-hybridized carbons (Fsp3) is 0.611. The second kappa shape index (κ2) is 7.84. The maximum Gasteiger partial charge on any atom is 0.416 e. The number of carbonyl (C=O) groups excluding carboxylic acids is 1. The molecule has 1 aromatic carbocycles. The molecule has 3 rings (SSSR count). The third kappa shape index (κ3) is 4.29. The quantitative estimate of drug-likeness (QED) is 0.870. The van der Waals surface area contributed by atoms with Crippen molar-refractivity contribution in [3.63, 3.8) is 0 Å². The van der Waals surface area contributed by atoms with E-state index in [1.807, 2.05) is 4.90 Å². The lowest BCUT2D eigenvalue weighted by molar-refractivity contribution is -0.137. The molecule has 26 heavy (non-hydrogen) atoms. The molecule has 2 fully saturated rings. The number of likely N-dealkylation sites (tertiary alicyclic amines) is 1. The highest BCUT2D eigenvalue weighted by atomic mass is 19.4. The largest absolute Gasteiger partial charge is 0.416 e. The van der Waals surface area contributed by atoms with Gasteiger partial charge in [-0.15, -0.1) is 0 Å². The van der Waals surface area contributed by atoms with E-state index in [9.17, 15) is 18.0 Å². The second-order valence-electron chi connectivity index (χ2n) is 6.86. The van der Waals surface area contributed by atoms with Crippen LogP contribution in [0.15, 0.2) is 24.3 Å². The first-order valence-electron chi connectivity index (χ1n) is 8.91. The van der Waals surface area contributed by atoms with Gasteiger partial charge in [-0.05, 0) is 30.5 Å². The zero-order chi connectivity index (χ0) is 18.7. The van der Waals surface area contributed by atoms with Gasteiger partial charge < -0.3 is 20.3 Å². The molecular weight excluding hydrogens is 347 g/mol. The van der Waals surface area contributed by atoms with E-state index in [4.69, 9.17) is 10.5 Å². The minimum atomic E-state index is -4.32. The number of alkyl halides is 3. The third-order valence-electron chi connectivity index (χ3n) is 5.04. The Hall–Kier alpha value is -1.80. The zero-order valence-corrected chi connectivity index (χ0v) is 14.5. The smallest absolute Gasteiger partial charge is 0.377 e. The Balaban J connectivity index is 1.53. The van der Waals surface area contributed by atoms with Gasteiger partial charge in [-0.25, -0.2) is 4.79 Å². The molecule has 1 aromatic rings. The lowest BCUT2D eigenvalue weighted by Crippen LogP contribution is -2.54. The van der Waals surface area contributed by atoms with Crippen LogP contribution in [0.5, 0.6) is 0 Å². The standard InChI is InChI=1S/C18H24F3N3O2/c19-18(20,21)15-4-2-13(3-5-15)14-11-24(12-14)17(25)23-7-1-9-26-16(10-22)6-8-23/h2-5,14,16H,1,6-12,22H2/t16-/m0/s1. The van der Waals surface area contributed by atoms with Gasteiger partial charge in [0.05, 0.1) is 11.7 Å².